The molecule has 0 saturated carbocycles. The first-order valence-corrected chi connectivity index (χ1v) is 6.69. The molecular weight excluding hydrogens is 302 g/mol. The molecule has 0 aliphatic rings. The summed E-state index contributed by atoms with van der Waals surface area (Å²) in [5.74, 6) is -1.88. The van der Waals surface area contributed by atoms with Crippen molar-refractivity contribution in [3.63, 3.8) is 0 Å². The van der Waals surface area contributed by atoms with Crippen molar-refractivity contribution in [1.29, 1.82) is 0 Å². The van der Waals surface area contributed by atoms with Gasteiger partial charge in [0.1, 0.15) is 0 Å². The number of nitrogens with zero attached hydrogens (tertiary/aromatic N) is 3. The maximum absolute atomic E-state index is 11.9. The van der Waals surface area contributed by atoms with E-state index in [1.54, 1.807) is 19.1 Å². The van der Waals surface area contributed by atoms with Crippen LogP contribution in [0.3, 0.4) is 0 Å². The van der Waals surface area contributed by atoms with Gasteiger partial charge in [0.2, 0.25) is 5.91 Å². The van der Waals surface area contributed by atoms with Crippen LogP contribution < -0.4 is 10.9 Å². The third-order valence-corrected chi connectivity index (χ3v) is 2.67. The van der Waals surface area contributed by atoms with Gasteiger partial charge in [-0.05, 0) is 19.1 Å². The standard InChI is InChI=1S/C14H15N5O4/c1-9-13(14(22)23-8-12(21)16-15-10(2)20)18-19(17-9)11-6-4-3-5-7-11/h3-7H,8H2,1-2H3,(H,15,20)(H,16,21). The number of hydrazine groups is 1. The minimum atomic E-state index is -0.775. The summed E-state index contributed by atoms with van der Waals surface area (Å²) in [4.78, 5) is 35.2. The SMILES string of the molecule is CC(=O)NNC(=O)COC(=O)c1nn(-c2ccccc2)nc1C. The molecule has 9 nitrogen and oxygen atoms in total. The Morgan fingerprint density at radius 1 is 1.13 bits per heavy atom. The zero-order chi connectivity index (χ0) is 16.8. The lowest BCUT2D eigenvalue weighted by atomic mass is 10.3. The molecule has 0 atom stereocenters. The third-order valence-electron chi connectivity index (χ3n) is 2.67. The first-order valence-electron chi connectivity index (χ1n) is 6.69. The van der Waals surface area contributed by atoms with Crippen molar-refractivity contribution in [2.75, 3.05) is 6.61 Å². The van der Waals surface area contributed by atoms with Gasteiger partial charge in [0, 0.05) is 6.92 Å². The fourth-order valence-electron chi connectivity index (χ4n) is 1.64. The Kier molecular flexibility index (Phi) is 5.03. The molecular formula is C14H15N5O4. The van der Waals surface area contributed by atoms with E-state index in [2.05, 4.69) is 21.0 Å². The maximum Gasteiger partial charge on any atom is 0.361 e. The van der Waals surface area contributed by atoms with Crippen LogP contribution in [0, 0.1) is 6.92 Å². The van der Waals surface area contributed by atoms with Crippen LogP contribution in [0.1, 0.15) is 23.1 Å². The van der Waals surface area contributed by atoms with Gasteiger partial charge < -0.3 is 4.74 Å². The Bertz CT molecular complexity index is 726. The highest BCUT2D eigenvalue weighted by Gasteiger charge is 2.19. The molecule has 2 rings (SSSR count). The summed E-state index contributed by atoms with van der Waals surface area (Å²) in [5, 5.41) is 8.20. The first-order chi connectivity index (χ1) is 11.0. The lowest BCUT2D eigenvalue weighted by Gasteiger charge is -2.05. The number of carbonyl (C=O) groups excluding carboxylic acids is 3. The predicted molar refractivity (Wildman–Crippen MR) is 78.3 cm³/mol. The summed E-state index contributed by atoms with van der Waals surface area (Å²) >= 11 is 0. The van der Waals surface area contributed by atoms with E-state index in [9.17, 15) is 14.4 Å². The molecule has 0 aliphatic carbocycles. The van der Waals surface area contributed by atoms with E-state index in [0.717, 1.165) is 0 Å². The van der Waals surface area contributed by atoms with E-state index in [0.29, 0.717) is 11.4 Å². The number of aryl methyl sites for hydroxylation is 1. The largest absolute Gasteiger partial charge is 0.451 e. The van der Waals surface area contributed by atoms with Crippen LogP contribution in [0.4, 0.5) is 0 Å². The highest BCUT2D eigenvalue weighted by atomic mass is 16.5. The Labute approximate surface area is 131 Å². The summed E-state index contributed by atoms with van der Waals surface area (Å²) in [6, 6.07) is 9.06. The van der Waals surface area contributed by atoms with Gasteiger partial charge in [-0.25, -0.2) is 4.79 Å². The normalized spacial score (nSPS) is 10.0. The summed E-state index contributed by atoms with van der Waals surface area (Å²) in [6.07, 6.45) is 0. The van der Waals surface area contributed by atoms with Gasteiger partial charge in [0.25, 0.3) is 5.91 Å². The first kappa shape index (κ1) is 16.1. The zero-order valence-electron chi connectivity index (χ0n) is 12.6. The molecule has 0 bridgehead atoms. The van der Waals surface area contributed by atoms with Crippen molar-refractivity contribution in [1.82, 2.24) is 25.8 Å². The number of amides is 2. The van der Waals surface area contributed by atoms with Crippen molar-refractivity contribution in [3.8, 4) is 5.69 Å². The second-order valence-corrected chi connectivity index (χ2v) is 4.56. The highest BCUT2D eigenvalue weighted by molar-refractivity contribution is 5.90. The van der Waals surface area contributed by atoms with E-state index in [1.807, 2.05) is 18.2 Å². The quantitative estimate of drug-likeness (QED) is 0.601. The highest BCUT2D eigenvalue weighted by Crippen LogP contribution is 2.09. The van der Waals surface area contributed by atoms with Crippen LogP contribution in [0.5, 0.6) is 0 Å². The Hall–Kier alpha value is -3.23. The molecule has 1 aromatic heterocycles. The number of rotatable bonds is 4. The molecule has 23 heavy (non-hydrogen) atoms. The fraction of sp³-hybridized carbons (Fsp3) is 0.214. The minimum absolute atomic E-state index is 0.0150. The molecule has 2 amide bonds. The van der Waals surface area contributed by atoms with Crippen LogP contribution in [0.2, 0.25) is 0 Å². The lowest BCUT2D eigenvalue weighted by molar-refractivity contribution is -0.129. The molecule has 120 valence electrons. The number of ether oxygens (including phenoxy) is 1. The zero-order valence-corrected chi connectivity index (χ0v) is 12.6. The minimum Gasteiger partial charge on any atom is -0.451 e. The smallest absolute Gasteiger partial charge is 0.361 e. The van der Waals surface area contributed by atoms with Crippen LogP contribution in [-0.2, 0) is 14.3 Å². The molecule has 9 heteroatoms. The van der Waals surface area contributed by atoms with Crippen LogP contribution in [0.15, 0.2) is 30.3 Å². The average Bonchev–Trinajstić information content (AvgIpc) is 2.93. The summed E-state index contributed by atoms with van der Waals surface area (Å²) in [7, 11) is 0. The van der Waals surface area contributed by atoms with Crippen molar-refractivity contribution in [2.45, 2.75) is 13.8 Å². The third kappa shape index (κ3) is 4.37. The molecule has 1 heterocycles. The molecule has 0 aliphatic heterocycles. The summed E-state index contributed by atoms with van der Waals surface area (Å²) < 4.78 is 4.83. The summed E-state index contributed by atoms with van der Waals surface area (Å²) in [5.41, 5.74) is 5.25. The van der Waals surface area contributed by atoms with Gasteiger partial charge >= 0.3 is 5.97 Å². The van der Waals surface area contributed by atoms with E-state index in [-0.39, 0.29) is 5.69 Å². The molecule has 1 aromatic carbocycles. The Morgan fingerprint density at radius 2 is 1.83 bits per heavy atom. The Morgan fingerprint density at radius 3 is 2.48 bits per heavy atom. The molecule has 0 spiro atoms. The maximum atomic E-state index is 11.9. The predicted octanol–water partition coefficient (Wildman–Crippen LogP) is -0.100. The molecule has 0 unspecified atom stereocenters. The van der Waals surface area contributed by atoms with Crippen LogP contribution in [-0.4, -0.2) is 39.4 Å². The number of para-hydroxylation sites is 1. The van der Waals surface area contributed by atoms with Crippen molar-refractivity contribution < 1.29 is 19.1 Å². The van der Waals surface area contributed by atoms with Crippen molar-refractivity contribution in [3.05, 3.63) is 41.7 Å². The number of nitrogens with one attached hydrogen (secondary N) is 2. The molecule has 0 fully saturated rings. The van der Waals surface area contributed by atoms with Gasteiger partial charge in [0.15, 0.2) is 12.3 Å². The lowest BCUT2D eigenvalue weighted by Crippen LogP contribution is -2.42. The number of hydrogen-bond donors (Lipinski definition) is 2. The molecule has 2 aromatic rings. The van der Waals surface area contributed by atoms with Gasteiger partial charge in [-0.2, -0.15) is 9.90 Å². The van der Waals surface area contributed by atoms with E-state index < -0.39 is 24.4 Å². The van der Waals surface area contributed by atoms with Gasteiger partial charge in [-0.1, -0.05) is 18.2 Å². The molecule has 2 N–H and O–H groups in total. The number of hydrogen-bond acceptors (Lipinski definition) is 6. The van der Waals surface area contributed by atoms with Crippen molar-refractivity contribution in [2.24, 2.45) is 0 Å². The van der Waals surface area contributed by atoms with Gasteiger partial charge in [0.05, 0.1) is 11.4 Å². The summed E-state index contributed by atoms with van der Waals surface area (Å²) in [6.45, 7) is 2.30. The van der Waals surface area contributed by atoms with Crippen LogP contribution >= 0.6 is 0 Å². The van der Waals surface area contributed by atoms with E-state index in [4.69, 9.17) is 4.74 Å². The van der Waals surface area contributed by atoms with Gasteiger partial charge in [-0.3, -0.25) is 20.4 Å². The topological polar surface area (TPSA) is 115 Å². The second-order valence-electron chi connectivity index (χ2n) is 4.56. The average molecular weight is 317 g/mol. The van der Waals surface area contributed by atoms with E-state index in [1.165, 1.54) is 11.7 Å². The number of aromatic nitrogens is 3. The fourth-order valence-corrected chi connectivity index (χ4v) is 1.64. The Balaban J connectivity index is 1.99. The number of carbonyl (C=O) groups is 3. The number of benzene rings is 1. The second kappa shape index (κ2) is 7.16. The molecule has 0 radical (unpaired) electrons. The van der Waals surface area contributed by atoms with Crippen molar-refractivity contribution >= 4 is 17.8 Å². The van der Waals surface area contributed by atoms with Gasteiger partial charge in [-0.15, -0.1) is 5.10 Å². The van der Waals surface area contributed by atoms with Crippen LogP contribution in [0.25, 0.3) is 5.69 Å². The monoisotopic (exact) mass is 317 g/mol. The molecule has 0 saturated heterocycles. The van der Waals surface area contributed by atoms with E-state index >= 15 is 0 Å². The number of esters is 1.